The number of carboxylic acid groups (broad SMARTS) is 1. The van der Waals surface area contributed by atoms with E-state index in [2.05, 4.69) is 0 Å². The summed E-state index contributed by atoms with van der Waals surface area (Å²) in [6.07, 6.45) is 1.05. The number of ether oxygens (including phenoxy) is 1. The summed E-state index contributed by atoms with van der Waals surface area (Å²) in [5.41, 5.74) is 0.0780. The third-order valence-corrected chi connectivity index (χ3v) is 4.74. The molecule has 1 N–H and O–H groups in total. The number of rotatable bonds is 6. The third kappa shape index (κ3) is 3.85. The van der Waals surface area contributed by atoms with Crippen molar-refractivity contribution in [3.8, 4) is 0 Å². The lowest BCUT2D eigenvalue weighted by Gasteiger charge is -2.40. The van der Waals surface area contributed by atoms with Crippen LogP contribution in [0, 0.1) is 0 Å². The summed E-state index contributed by atoms with van der Waals surface area (Å²) in [5, 5.41) is 9.46. The number of hydrogen-bond acceptors (Lipinski definition) is 3. The Balaban J connectivity index is 2.35. The van der Waals surface area contributed by atoms with Gasteiger partial charge in [0.1, 0.15) is 0 Å². The zero-order valence-corrected chi connectivity index (χ0v) is 14.0. The zero-order chi connectivity index (χ0) is 16.9. The summed E-state index contributed by atoms with van der Waals surface area (Å²) in [4.78, 5) is 25.7. The number of benzene rings is 1. The normalized spacial score (nSPS) is 16.8. The number of carbonyl (C=O) groups is 2. The first kappa shape index (κ1) is 17.8. The number of carboxylic acids is 1. The molecule has 0 atom stereocenters. The van der Waals surface area contributed by atoms with Crippen LogP contribution in [0.1, 0.15) is 31.7 Å². The fraction of sp³-hybridized carbons (Fsp3) is 0.529. The van der Waals surface area contributed by atoms with Crippen LogP contribution < -0.4 is 0 Å². The van der Waals surface area contributed by atoms with Gasteiger partial charge in [-0.25, -0.2) is 0 Å². The van der Waals surface area contributed by atoms with E-state index in [0.29, 0.717) is 37.6 Å². The van der Waals surface area contributed by atoms with Crippen molar-refractivity contribution in [3.63, 3.8) is 0 Å². The van der Waals surface area contributed by atoms with E-state index >= 15 is 0 Å². The largest absolute Gasteiger partial charge is 0.481 e. The molecule has 0 aromatic heterocycles. The second-order valence-electron chi connectivity index (χ2n) is 5.70. The number of amides is 1. The van der Waals surface area contributed by atoms with E-state index in [-0.39, 0.29) is 18.9 Å². The van der Waals surface area contributed by atoms with Crippen molar-refractivity contribution < 1.29 is 19.4 Å². The maximum atomic E-state index is 13.2. The molecule has 1 heterocycles. The lowest BCUT2D eigenvalue weighted by Crippen LogP contribution is -2.50. The molecule has 1 amide bonds. The third-order valence-electron chi connectivity index (χ3n) is 4.41. The molecule has 1 aliphatic heterocycles. The van der Waals surface area contributed by atoms with E-state index in [1.165, 1.54) is 0 Å². The van der Waals surface area contributed by atoms with Crippen molar-refractivity contribution in [1.82, 2.24) is 4.90 Å². The summed E-state index contributed by atoms with van der Waals surface area (Å²) in [5.74, 6) is -0.965. The van der Waals surface area contributed by atoms with E-state index in [4.69, 9.17) is 21.4 Å². The smallest absolute Gasteiger partial charge is 0.305 e. The van der Waals surface area contributed by atoms with Gasteiger partial charge in [0.2, 0.25) is 5.91 Å². The Hall–Kier alpha value is -1.59. The average Bonchev–Trinajstić information content (AvgIpc) is 2.56. The summed E-state index contributed by atoms with van der Waals surface area (Å²) in [7, 11) is 0. The molecule has 23 heavy (non-hydrogen) atoms. The molecule has 2 rings (SSSR count). The average molecular weight is 340 g/mol. The lowest BCUT2D eigenvalue weighted by atomic mass is 9.73. The molecule has 0 aliphatic carbocycles. The van der Waals surface area contributed by atoms with Crippen molar-refractivity contribution >= 4 is 23.5 Å². The Labute approximate surface area is 141 Å². The highest BCUT2D eigenvalue weighted by Gasteiger charge is 2.44. The van der Waals surface area contributed by atoms with Gasteiger partial charge in [-0.1, -0.05) is 29.8 Å². The van der Waals surface area contributed by atoms with Crippen LogP contribution in [0.2, 0.25) is 5.02 Å². The van der Waals surface area contributed by atoms with Gasteiger partial charge >= 0.3 is 5.97 Å². The predicted octanol–water partition coefficient (Wildman–Crippen LogP) is 2.71. The lowest BCUT2D eigenvalue weighted by molar-refractivity contribution is -0.143. The van der Waals surface area contributed by atoms with Gasteiger partial charge in [-0.2, -0.15) is 0 Å². The van der Waals surface area contributed by atoms with Crippen LogP contribution in [0.25, 0.3) is 0 Å². The Morgan fingerprint density at radius 1 is 1.30 bits per heavy atom. The standard InChI is InChI=1S/C17H22ClNO4/c1-2-19(10-7-15(20)21)16(22)17(8-11-23-12-9-17)13-5-3-4-6-14(13)18/h3-6H,2,7-12H2,1H3,(H,20,21). The van der Waals surface area contributed by atoms with Gasteiger partial charge in [0.15, 0.2) is 0 Å². The Morgan fingerprint density at radius 3 is 2.52 bits per heavy atom. The molecule has 0 radical (unpaired) electrons. The molecule has 6 heteroatoms. The first-order valence-corrected chi connectivity index (χ1v) is 8.23. The van der Waals surface area contributed by atoms with Gasteiger partial charge in [-0.05, 0) is 31.4 Å². The minimum atomic E-state index is -0.907. The van der Waals surface area contributed by atoms with Crippen LogP contribution in [0.5, 0.6) is 0 Å². The zero-order valence-electron chi connectivity index (χ0n) is 13.3. The summed E-state index contributed by atoms with van der Waals surface area (Å²) < 4.78 is 5.44. The molecule has 5 nitrogen and oxygen atoms in total. The molecule has 126 valence electrons. The van der Waals surface area contributed by atoms with E-state index in [1.807, 2.05) is 25.1 Å². The van der Waals surface area contributed by atoms with Crippen LogP contribution in [0.3, 0.4) is 0 Å². The highest BCUT2D eigenvalue weighted by Crippen LogP contribution is 2.40. The number of hydrogen-bond donors (Lipinski definition) is 1. The van der Waals surface area contributed by atoms with Crippen LogP contribution >= 0.6 is 11.6 Å². The topological polar surface area (TPSA) is 66.8 Å². The Bertz CT molecular complexity index is 569. The maximum Gasteiger partial charge on any atom is 0.305 e. The molecule has 1 fully saturated rings. The number of likely N-dealkylation sites (N-methyl/N-ethyl adjacent to an activating group) is 1. The fourth-order valence-electron chi connectivity index (χ4n) is 3.10. The SMILES string of the molecule is CCN(CCC(=O)O)C(=O)C1(c2ccccc2Cl)CCOCC1. The Morgan fingerprint density at radius 2 is 1.96 bits per heavy atom. The Kier molecular flexibility index (Phi) is 6.02. The molecule has 0 bridgehead atoms. The molecule has 1 aromatic carbocycles. The summed E-state index contributed by atoms with van der Waals surface area (Å²) >= 11 is 6.36. The van der Waals surface area contributed by atoms with E-state index in [1.54, 1.807) is 11.0 Å². The van der Waals surface area contributed by atoms with Crippen molar-refractivity contribution in [2.24, 2.45) is 0 Å². The molecular formula is C17H22ClNO4. The van der Waals surface area contributed by atoms with Crippen LogP contribution in [-0.2, 0) is 19.7 Å². The molecule has 1 aliphatic rings. The number of nitrogens with zero attached hydrogens (tertiary/aromatic N) is 1. The van der Waals surface area contributed by atoms with Gasteiger partial charge in [0, 0.05) is 31.3 Å². The van der Waals surface area contributed by atoms with Gasteiger partial charge in [0.25, 0.3) is 0 Å². The first-order chi connectivity index (χ1) is 11.0. The van der Waals surface area contributed by atoms with E-state index in [0.717, 1.165) is 5.56 Å². The van der Waals surface area contributed by atoms with Crippen molar-refractivity contribution in [2.75, 3.05) is 26.3 Å². The maximum absolute atomic E-state index is 13.2. The molecule has 0 saturated carbocycles. The first-order valence-electron chi connectivity index (χ1n) is 7.85. The molecule has 1 aromatic rings. The predicted molar refractivity (Wildman–Crippen MR) is 87.7 cm³/mol. The van der Waals surface area contributed by atoms with Gasteiger partial charge in [-0.3, -0.25) is 9.59 Å². The summed E-state index contributed by atoms with van der Waals surface area (Å²) in [6, 6.07) is 7.39. The quantitative estimate of drug-likeness (QED) is 0.865. The summed E-state index contributed by atoms with van der Waals surface area (Å²) in [6.45, 7) is 3.52. The van der Waals surface area contributed by atoms with Gasteiger partial charge in [-0.15, -0.1) is 0 Å². The number of halogens is 1. The highest BCUT2D eigenvalue weighted by atomic mass is 35.5. The van der Waals surface area contributed by atoms with E-state index < -0.39 is 11.4 Å². The fourth-order valence-corrected chi connectivity index (χ4v) is 3.42. The minimum Gasteiger partial charge on any atom is -0.481 e. The van der Waals surface area contributed by atoms with Crippen molar-refractivity contribution in [1.29, 1.82) is 0 Å². The van der Waals surface area contributed by atoms with Gasteiger partial charge < -0.3 is 14.7 Å². The molecule has 0 unspecified atom stereocenters. The monoisotopic (exact) mass is 339 g/mol. The van der Waals surface area contributed by atoms with E-state index in [9.17, 15) is 9.59 Å². The molecular weight excluding hydrogens is 318 g/mol. The molecule has 0 spiro atoms. The van der Waals surface area contributed by atoms with Gasteiger partial charge in [0.05, 0.1) is 11.8 Å². The van der Waals surface area contributed by atoms with Crippen LogP contribution in [-0.4, -0.2) is 48.2 Å². The second kappa shape index (κ2) is 7.79. The minimum absolute atomic E-state index is 0.0577. The van der Waals surface area contributed by atoms with Crippen LogP contribution in [0.4, 0.5) is 0 Å². The second-order valence-corrected chi connectivity index (χ2v) is 6.11. The molecule has 1 saturated heterocycles. The number of carbonyl (C=O) groups excluding carboxylic acids is 1. The highest BCUT2D eigenvalue weighted by molar-refractivity contribution is 6.31. The van der Waals surface area contributed by atoms with Crippen molar-refractivity contribution in [2.45, 2.75) is 31.6 Å². The van der Waals surface area contributed by atoms with Crippen molar-refractivity contribution in [3.05, 3.63) is 34.9 Å². The number of aliphatic carboxylic acids is 1. The van der Waals surface area contributed by atoms with Crippen LogP contribution in [0.15, 0.2) is 24.3 Å².